The molecule has 0 atom stereocenters. The van der Waals surface area contributed by atoms with E-state index in [0.717, 1.165) is 27.8 Å². The molecule has 0 aliphatic carbocycles. The van der Waals surface area contributed by atoms with Crippen LogP contribution in [0.1, 0.15) is 10.4 Å². The van der Waals surface area contributed by atoms with Crippen LogP contribution in [0.3, 0.4) is 0 Å². The number of carbonyl (C=O) groups excluding carboxylic acids is 1. The Hall–Kier alpha value is -3.75. The van der Waals surface area contributed by atoms with Gasteiger partial charge in [0.1, 0.15) is 5.82 Å². The summed E-state index contributed by atoms with van der Waals surface area (Å²) in [4.78, 5) is 16.2. The van der Waals surface area contributed by atoms with Crippen LogP contribution in [0.15, 0.2) is 66.7 Å². The van der Waals surface area contributed by atoms with Gasteiger partial charge in [0.2, 0.25) is 5.95 Å². The number of hydrogen-bond donors (Lipinski definition) is 3. The molecule has 3 aromatic carbocycles. The van der Waals surface area contributed by atoms with Crippen LogP contribution in [-0.4, -0.2) is 34.4 Å². The molecule has 1 amide bonds. The average Bonchev–Trinajstić information content (AvgIpc) is 3.13. The van der Waals surface area contributed by atoms with E-state index in [2.05, 4.69) is 5.32 Å². The maximum absolute atomic E-state index is 13.6. The Bertz CT molecular complexity index is 1220. The zero-order chi connectivity index (χ0) is 21.8. The number of ether oxygens (including phenoxy) is 1. The molecule has 31 heavy (non-hydrogen) atoms. The molecule has 4 aromatic rings. The Labute approximate surface area is 178 Å². The largest absolute Gasteiger partial charge is 0.383 e. The van der Waals surface area contributed by atoms with Gasteiger partial charge in [0.15, 0.2) is 0 Å². The number of rotatable bonds is 7. The van der Waals surface area contributed by atoms with Crippen LogP contribution in [0.2, 0.25) is 0 Å². The molecule has 0 aliphatic heterocycles. The highest BCUT2D eigenvalue weighted by molar-refractivity contribution is 5.93. The van der Waals surface area contributed by atoms with Gasteiger partial charge in [-0.05, 0) is 59.7 Å². The van der Waals surface area contributed by atoms with E-state index in [0.29, 0.717) is 24.7 Å². The number of nitrogens with one attached hydrogen (secondary N) is 2. The summed E-state index contributed by atoms with van der Waals surface area (Å²) >= 11 is 0. The van der Waals surface area contributed by atoms with E-state index in [1.54, 1.807) is 42.9 Å². The summed E-state index contributed by atoms with van der Waals surface area (Å²) in [5, 5.41) is 12.0. The van der Waals surface area contributed by atoms with Crippen LogP contribution in [0.25, 0.3) is 22.2 Å². The average molecular weight is 420 g/mol. The van der Waals surface area contributed by atoms with Gasteiger partial charge in [-0.25, -0.2) is 14.9 Å². The molecule has 0 saturated heterocycles. The first-order valence-corrected chi connectivity index (χ1v) is 9.66. The summed E-state index contributed by atoms with van der Waals surface area (Å²) < 4.78 is 20.9. The van der Waals surface area contributed by atoms with E-state index in [-0.39, 0.29) is 5.82 Å². The monoisotopic (exact) mass is 420 g/mol. The van der Waals surface area contributed by atoms with Gasteiger partial charge in [-0.3, -0.25) is 10.0 Å². The molecule has 0 spiro atoms. The lowest BCUT2D eigenvalue weighted by molar-refractivity contribution is 0.0706. The van der Waals surface area contributed by atoms with Gasteiger partial charge in [0.05, 0.1) is 17.6 Å². The Morgan fingerprint density at radius 3 is 2.58 bits per heavy atom. The Kier molecular flexibility index (Phi) is 5.92. The molecule has 0 aliphatic rings. The van der Waals surface area contributed by atoms with Gasteiger partial charge in [0, 0.05) is 24.9 Å². The van der Waals surface area contributed by atoms with Crippen molar-refractivity contribution in [2.75, 3.05) is 19.0 Å². The minimum absolute atomic E-state index is 0.288. The number of nitrogens with zero attached hydrogens (tertiary/aromatic N) is 2. The lowest BCUT2D eigenvalue weighted by Crippen LogP contribution is -2.18. The van der Waals surface area contributed by atoms with E-state index in [9.17, 15) is 9.18 Å². The van der Waals surface area contributed by atoms with E-state index in [1.807, 2.05) is 28.8 Å². The van der Waals surface area contributed by atoms with Gasteiger partial charge in [0.25, 0.3) is 5.91 Å². The first-order chi connectivity index (χ1) is 15.1. The summed E-state index contributed by atoms with van der Waals surface area (Å²) in [7, 11) is 1.64. The van der Waals surface area contributed by atoms with E-state index < -0.39 is 5.91 Å². The van der Waals surface area contributed by atoms with Crippen LogP contribution >= 0.6 is 0 Å². The van der Waals surface area contributed by atoms with Gasteiger partial charge in [-0.1, -0.05) is 18.2 Å². The molecule has 8 heteroatoms. The SMILES string of the molecule is COCCn1c(Nc2ccc(C(=O)NO)cc2)nc2cc(-c3cccc(F)c3)ccc21. The third-order valence-electron chi connectivity index (χ3n) is 4.93. The molecule has 0 saturated carbocycles. The van der Waals surface area contributed by atoms with Gasteiger partial charge < -0.3 is 14.6 Å². The van der Waals surface area contributed by atoms with Gasteiger partial charge in [-0.2, -0.15) is 0 Å². The first kappa shape index (κ1) is 20.5. The third kappa shape index (κ3) is 4.40. The number of fused-ring (bicyclic) bond motifs is 1. The highest BCUT2D eigenvalue weighted by Gasteiger charge is 2.13. The zero-order valence-corrected chi connectivity index (χ0v) is 16.8. The fourth-order valence-corrected chi connectivity index (χ4v) is 3.38. The van der Waals surface area contributed by atoms with Crippen LogP contribution < -0.4 is 10.8 Å². The number of halogens is 1. The molecule has 4 rings (SSSR count). The summed E-state index contributed by atoms with van der Waals surface area (Å²) in [6.45, 7) is 1.08. The molecule has 158 valence electrons. The number of anilines is 2. The quantitative estimate of drug-likeness (QED) is 0.306. The normalized spacial score (nSPS) is 10.9. The highest BCUT2D eigenvalue weighted by atomic mass is 19.1. The van der Waals surface area contributed by atoms with Crippen molar-refractivity contribution in [3.8, 4) is 11.1 Å². The van der Waals surface area contributed by atoms with Crippen molar-refractivity contribution in [2.24, 2.45) is 0 Å². The van der Waals surface area contributed by atoms with Crippen LogP contribution in [-0.2, 0) is 11.3 Å². The number of hydroxylamine groups is 1. The molecule has 0 radical (unpaired) electrons. The van der Waals surface area contributed by atoms with Crippen molar-refractivity contribution in [3.63, 3.8) is 0 Å². The minimum Gasteiger partial charge on any atom is -0.383 e. The van der Waals surface area contributed by atoms with Crippen molar-refractivity contribution in [1.82, 2.24) is 15.0 Å². The number of carbonyl (C=O) groups is 1. The molecule has 1 heterocycles. The third-order valence-corrected chi connectivity index (χ3v) is 4.93. The van der Waals surface area contributed by atoms with Crippen molar-refractivity contribution in [2.45, 2.75) is 6.54 Å². The fraction of sp³-hybridized carbons (Fsp3) is 0.130. The Morgan fingerprint density at radius 2 is 1.87 bits per heavy atom. The summed E-state index contributed by atoms with van der Waals surface area (Å²) in [5.74, 6) is -0.254. The Morgan fingerprint density at radius 1 is 1.10 bits per heavy atom. The second kappa shape index (κ2) is 8.95. The maximum Gasteiger partial charge on any atom is 0.274 e. The fourth-order valence-electron chi connectivity index (χ4n) is 3.38. The van der Waals surface area contributed by atoms with Crippen LogP contribution in [0.4, 0.5) is 16.0 Å². The molecular weight excluding hydrogens is 399 g/mol. The summed E-state index contributed by atoms with van der Waals surface area (Å²) in [6, 6.07) is 18.9. The molecule has 3 N–H and O–H groups in total. The van der Waals surface area contributed by atoms with Crippen molar-refractivity contribution < 1.29 is 19.1 Å². The van der Waals surface area contributed by atoms with Gasteiger partial charge >= 0.3 is 0 Å². The topological polar surface area (TPSA) is 88.4 Å². The maximum atomic E-state index is 13.6. The summed E-state index contributed by atoms with van der Waals surface area (Å²) in [5.41, 5.74) is 6.00. The lowest BCUT2D eigenvalue weighted by Gasteiger charge is -2.11. The number of imidazole rings is 1. The standard InChI is InChI=1S/C23H21FN4O3/c1-31-12-11-28-21-10-7-17(16-3-2-4-18(24)13-16)14-20(21)26-23(28)25-19-8-5-15(6-9-19)22(29)27-30/h2-10,13-14,30H,11-12H2,1H3,(H,25,26)(H,27,29). The Balaban J connectivity index is 1.70. The van der Waals surface area contributed by atoms with Crippen molar-refractivity contribution >= 4 is 28.6 Å². The van der Waals surface area contributed by atoms with Crippen LogP contribution in [0, 0.1) is 5.82 Å². The molecule has 0 fully saturated rings. The highest BCUT2D eigenvalue weighted by Crippen LogP contribution is 2.28. The number of amides is 1. The smallest absolute Gasteiger partial charge is 0.274 e. The second-order valence-electron chi connectivity index (χ2n) is 6.94. The number of benzene rings is 3. The predicted molar refractivity (Wildman–Crippen MR) is 116 cm³/mol. The lowest BCUT2D eigenvalue weighted by atomic mass is 10.1. The van der Waals surface area contributed by atoms with Crippen LogP contribution in [0.5, 0.6) is 0 Å². The van der Waals surface area contributed by atoms with Crippen molar-refractivity contribution in [3.05, 3.63) is 78.1 Å². The number of hydrogen-bond acceptors (Lipinski definition) is 5. The zero-order valence-electron chi connectivity index (χ0n) is 16.8. The number of methoxy groups -OCH3 is 1. The summed E-state index contributed by atoms with van der Waals surface area (Å²) in [6.07, 6.45) is 0. The predicted octanol–water partition coefficient (Wildman–Crippen LogP) is 4.35. The van der Waals surface area contributed by atoms with E-state index in [1.165, 1.54) is 12.1 Å². The van der Waals surface area contributed by atoms with Crippen molar-refractivity contribution in [1.29, 1.82) is 0 Å². The second-order valence-corrected chi connectivity index (χ2v) is 6.94. The van der Waals surface area contributed by atoms with Gasteiger partial charge in [-0.15, -0.1) is 0 Å². The molecule has 7 nitrogen and oxygen atoms in total. The molecular formula is C23H21FN4O3. The van der Waals surface area contributed by atoms with E-state index >= 15 is 0 Å². The van der Waals surface area contributed by atoms with E-state index in [4.69, 9.17) is 14.9 Å². The first-order valence-electron chi connectivity index (χ1n) is 9.66. The number of aromatic nitrogens is 2. The minimum atomic E-state index is -0.580. The molecule has 0 unspecified atom stereocenters. The molecule has 1 aromatic heterocycles. The molecule has 0 bridgehead atoms.